The molecule has 2 aromatic rings. The van der Waals surface area contributed by atoms with Crippen LogP contribution in [0.4, 0.5) is 0 Å². The number of hydrogen-bond donors (Lipinski definition) is 1. The summed E-state index contributed by atoms with van der Waals surface area (Å²) >= 11 is 9.50. The van der Waals surface area contributed by atoms with E-state index in [4.69, 9.17) is 22.1 Å². The number of para-hydroxylation sites is 1. The molecular weight excluding hydrogens is 326 g/mol. The van der Waals surface area contributed by atoms with E-state index in [1.165, 1.54) is 0 Å². The molecule has 0 heterocycles. The molecule has 2 nitrogen and oxygen atoms in total. The first-order valence-electron chi connectivity index (χ1n) is 6.05. The summed E-state index contributed by atoms with van der Waals surface area (Å²) in [7, 11) is 0. The fraction of sp³-hybridized carbons (Fsp3) is 0.200. The third-order valence-electron chi connectivity index (χ3n) is 2.80. The van der Waals surface area contributed by atoms with E-state index < -0.39 is 0 Å². The molecule has 2 rings (SSSR count). The van der Waals surface area contributed by atoms with Gasteiger partial charge in [0, 0.05) is 15.1 Å². The number of rotatable bonds is 4. The van der Waals surface area contributed by atoms with Crippen LogP contribution in [0, 0.1) is 0 Å². The summed E-state index contributed by atoms with van der Waals surface area (Å²) in [5.41, 5.74) is 8.23. The number of halogens is 2. The Kier molecular flexibility index (Phi) is 4.86. The highest BCUT2D eigenvalue weighted by atomic mass is 79.9. The van der Waals surface area contributed by atoms with Gasteiger partial charge in [0.2, 0.25) is 0 Å². The predicted molar refractivity (Wildman–Crippen MR) is 82.8 cm³/mol. The summed E-state index contributed by atoms with van der Waals surface area (Å²) in [4.78, 5) is 0. The average Bonchev–Trinajstić information content (AvgIpc) is 2.38. The van der Waals surface area contributed by atoms with Gasteiger partial charge >= 0.3 is 0 Å². The topological polar surface area (TPSA) is 35.2 Å². The van der Waals surface area contributed by atoms with Crippen molar-refractivity contribution in [1.29, 1.82) is 0 Å². The van der Waals surface area contributed by atoms with E-state index in [-0.39, 0.29) is 6.04 Å². The molecular formula is C15H15BrClNO. The maximum absolute atomic E-state index is 6.33. The van der Waals surface area contributed by atoms with Crippen molar-refractivity contribution in [3.05, 3.63) is 63.1 Å². The summed E-state index contributed by atoms with van der Waals surface area (Å²) in [6.45, 7) is 2.57. The minimum Gasteiger partial charge on any atom is -0.494 e. The number of nitrogens with two attached hydrogens (primary N) is 1. The molecule has 2 N–H and O–H groups in total. The minimum absolute atomic E-state index is 0.266. The van der Waals surface area contributed by atoms with Crippen molar-refractivity contribution in [1.82, 2.24) is 0 Å². The van der Waals surface area contributed by atoms with Gasteiger partial charge < -0.3 is 10.5 Å². The molecule has 0 saturated heterocycles. The maximum atomic E-state index is 6.33. The smallest absolute Gasteiger partial charge is 0.124 e. The highest BCUT2D eigenvalue weighted by Crippen LogP contribution is 2.31. The van der Waals surface area contributed by atoms with Crippen molar-refractivity contribution < 1.29 is 4.74 Å². The van der Waals surface area contributed by atoms with Crippen molar-refractivity contribution in [2.24, 2.45) is 5.73 Å². The quantitative estimate of drug-likeness (QED) is 0.886. The summed E-state index contributed by atoms with van der Waals surface area (Å²) < 4.78 is 6.53. The Labute approximate surface area is 126 Å². The van der Waals surface area contributed by atoms with Crippen LogP contribution in [0.5, 0.6) is 5.75 Å². The Hall–Kier alpha value is -1.03. The van der Waals surface area contributed by atoms with Gasteiger partial charge in [-0.1, -0.05) is 45.7 Å². The lowest BCUT2D eigenvalue weighted by molar-refractivity contribution is 0.335. The van der Waals surface area contributed by atoms with E-state index in [9.17, 15) is 0 Å². The SMILES string of the molecule is CCOc1ccccc1C(N)c1cc(Cl)cc(Br)c1. The molecule has 0 aromatic heterocycles. The number of ether oxygens (including phenoxy) is 1. The van der Waals surface area contributed by atoms with Gasteiger partial charge in [0.15, 0.2) is 0 Å². The molecule has 0 radical (unpaired) electrons. The van der Waals surface area contributed by atoms with Crippen molar-refractivity contribution in [2.75, 3.05) is 6.61 Å². The molecule has 0 aliphatic heterocycles. The van der Waals surface area contributed by atoms with E-state index in [1.807, 2.05) is 49.4 Å². The molecule has 19 heavy (non-hydrogen) atoms. The first-order valence-corrected chi connectivity index (χ1v) is 7.22. The molecule has 2 aromatic carbocycles. The van der Waals surface area contributed by atoms with E-state index in [1.54, 1.807) is 0 Å². The van der Waals surface area contributed by atoms with Crippen LogP contribution >= 0.6 is 27.5 Å². The van der Waals surface area contributed by atoms with Gasteiger partial charge in [-0.15, -0.1) is 0 Å². The lowest BCUT2D eigenvalue weighted by Crippen LogP contribution is -2.13. The van der Waals surface area contributed by atoms with Crippen molar-refractivity contribution in [3.63, 3.8) is 0 Å². The molecule has 4 heteroatoms. The fourth-order valence-electron chi connectivity index (χ4n) is 1.96. The zero-order chi connectivity index (χ0) is 13.8. The molecule has 0 spiro atoms. The van der Waals surface area contributed by atoms with E-state index >= 15 is 0 Å². The average molecular weight is 341 g/mol. The molecule has 0 amide bonds. The Morgan fingerprint density at radius 1 is 1.26 bits per heavy atom. The molecule has 1 unspecified atom stereocenters. The Morgan fingerprint density at radius 2 is 2.00 bits per heavy atom. The van der Waals surface area contributed by atoms with Crippen LogP contribution in [0.2, 0.25) is 5.02 Å². The Bertz CT molecular complexity index is 554. The van der Waals surface area contributed by atoms with E-state index in [0.717, 1.165) is 21.3 Å². The Balaban J connectivity index is 2.40. The normalized spacial score (nSPS) is 12.2. The Morgan fingerprint density at radius 3 is 2.68 bits per heavy atom. The second kappa shape index (κ2) is 6.42. The molecule has 0 saturated carbocycles. The summed E-state index contributed by atoms with van der Waals surface area (Å²) in [6, 6.07) is 13.2. The third kappa shape index (κ3) is 3.50. The van der Waals surface area contributed by atoms with Crippen LogP contribution in [0.15, 0.2) is 46.9 Å². The monoisotopic (exact) mass is 339 g/mol. The lowest BCUT2D eigenvalue weighted by Gasteiger charge is -2.17. The van der Waals surface area contributed by atoms with Crippen LogP contribution in [0.3, 0.4) is 0 Å². The predicted octanol–water partition coefficient (Wildman–Crippen LogP) is 4.55. The van der Waals surface area contributed by atoms with Crippen LogP contribution < -0.4 is 10.5 Å². The molecule has 0 fully saturated rings. The van der Waals surface area contributed by atoms with Crippen LogP contribution in [-0.2, 0) is 0 Å². The van der Waals surface area contributed by atoms with E-state index in [2.05, 4.69) is 15.9 Å². The van der Waals surface area contributed by atoms with Crippen molar-refractivity contribution in [2.45, 2.75) is 13.0 Å². The van der Waals surface area contributed by atoms with Gasteiger partial charge in [-0.2, -0.15) is 0 Å². The van der Waals surface area contributed by atoms with Crippen LogP contribution in [0.25, 0.3) is 0 Å². The third-order valence-corrected chi connectivity index (χ3v) is 3.47. The summed E-state index contributed by atoms with van der Waals surface area (Å²) in [6.07, 6.45) is 0. The van der Waals surface area contributed by atoms with Crippen LogP contribution in [0.1, 0.15) is 24.1 Å². The number of hydrogen-bond acceptors (Lipinski definition) is 2. The zero-order valence-electron chi connectivity index (χ0n) is 10.6. The molecule has 1 atom stereocenters. The maximum Gasteiger partial charge on any atom is 0.124 e. The summed E-state index contributed by atoms with van der Waals surface area (Å²) in [5, 5.41) is 0.661. The van der Waals surface area contributed by atoms with Gasteiger partial charge in [-0.05, 0) is 36.8 Å². The zero-order valence-corrected chi connectivity index (χ0v) is 12.9. The largest absolute Gasteiger partial charge is 0.494 e. The molecule has 0 bridgehead atoms. The molecule has 100 valence electrons. The van der Waals surface area contributed by atoms with Crippen molar-refractivity contribution in [3.8, 4) is 5.75 Å². The number of benzene rings is 2. The van der Waals surface area contributed by atoms with Gasteiger partial charge in [0.05, 0.1) is 12.6 Å². The van der Waals surface area contributed by atoms with Crippen LogP contribution in [-0.4, -0.2) is 6.61 Å². The first kappa shape index (κ1) is 14.4. The van der Waals surface area contributed by atoms with Crippen molar-refractivity contribution >= 4 is 27.5 Å². The fourth-order valence-corrected chi connectivity index (χ4v) is 2.84. The van der Waals surface area contributed by atoms with Gasteiger partial charge in [-0.25, -0.2) is 0 Å². The van der Waals surface area contributed by atoms with Gasteiger partial charge in [0.25, 0.3) is 0 Å². The molecule has 0 aliphatic rings. The standard InChI is InChI=1S/C15H15BrClNO/c1-2-19-14-6-4-3-5-13(14)15(18)10-7-11(16)9-12(17)8-10/h3-9,15H,2,18H2,1H3. The van der Waals surface area contributed by atoms with Gasteiger partial charge in [0.1, 0.15) is 5.75 Å². The second-order valence-corrected chi connectivity index (χ2v) is 5.50. The van der Waals surface area contributed by atoms with E-state index in [0.29, 0.717) is 11.6 Å². The highest BCUT2D eigenvalue weighted by molar-refractivity contribution is 9.10. The minimum atomic E-state index is -0.266. The highest BCUT2D eigenvalue weighted by Gasteiger charge is 2.14. The lowest BCUT2D eigenvalue weighted by atomic mass is 9.99. The van der Waals surface area contributed by atoms with Gasteiger partial charge in [-0.3, -0.25) is 0 Å². The summed E-state index contributed by atoms with van der Waals surface area (Å²) in [5.74, 6) is 0.814. The second-order valence-electron chi connectivity index (χ2n) is 4.15. The molecule has 0 aliphatic carbocycles. The first-order chi connectivity index (χ1) is 9.11.